The predicted molar refractivity (Wildman–Crippen MR) is 22.8 cm³/mol. The molecule has 24 valence electrons. The van der Waals surface area contributed by atoms with Crippen molar-refractivity contribution in [2.45, 2.75) is 0 Å². The van der Waals surface area contributed by atoms with Gasteiger partial charge in [-0.25, -0.2) is 0 Å². The summed E-state index contributed by atoms with van der Waals surface area (Å²) < 4.78 is 0. The smallest absolute Gasteiger partial charge is 0 e. The summed E-state index contributed by atoms with van der Waals surface area (Å²) in [5.74, 6) is 0. The van der Waals surface area contributed by atoms with E-state index < -0.39 is 0 Å². The molecule has 0 unspecified atom stereocenters. The Morgan fingerprint density at radius 2 is 1.00 bits per heavy atom. The Morgan fingerprint density at radius 3 is 1.00 bits per heavy atom. The van der Waals surface area contributed by atoms with Gasteiger partial charge in [0.1, 0.15) is 0 Å². The number of hydrogen-bond acceptors (Lipinski definition) is 1. The van der Waals surface area contributed by atoms with Crippen molar-refractivity contribution in [1.82, 2.24) is 0 Å². The second kappa shape index (κ2) is 33.4. The van der Waals surface area contributed by atoms with Crippen molar-refractivity contribution in [1.29, 1.82) is 0 Å². The molecule has 0 aromatic rings. The quantitative estimate of drug-likeness (QED) is 0.344. The summed E-state index contributed by atoms with van der Waals surface area (Å²) in [7, 11) is 0. The van der Waals surface area contributed by atoms with Crippen LogP contribution in [0.1, 0.15) is 0 Å². The van der Waals surface area contributed by atoms with Gasteiger partial charge in [0.05, 0.1) is 0 Å². The molecule has 0 spiro atoms. The first-order valence-corrected chi connectivity index (χ1v) is 0. The minimum Gasteiger partial charge on any atom is -0.870 e. The van der Waals surface area contributed by atoms with E-state index in [1.165, 1.54) is 0 Å². The third kappa shape index (κ3) is 22.0. The van der Waals surface area contributed by atoms with E-state index in [-0.39, 0.29) is 90.7 Å². The van der Waals surface area contributed by atoms with Crippen LogP contribution in [0.3, 0.4) is 0 Å². The van der Waals surface area contributed by atoms with Crippen molar-refractivity contribution in [2.24, 2.45) is 0 Å². The third-order valence-electron chi connectivity index (χ3n) is 0. The molecule has 0 aliphatic heterocycles. The monoisotopic (exact) mass is 129 g/mol. The molecule has 0 aliphatic carbocycles. The Kier molecular flexibility index (Phi) is 365. The second-order valence-corrected chi connectivity index (χ2v) is 0. The largest absolute Gasteiger partial charge is 0.870 e. The SMILES string of the molecule is O.[Al].[K].[OH-].[Si]. The molecule has 0 fully saturated rings. The fraction of sp³-hybridized carbons (Fsp3) is 0. The van der Waals surface area contributed by atoms with E-state index >= 15 is 0 Å². The maximum absolute atomic E-state index is 0. The molecule has 2 nitrogen and oxygen atoms in total. The number of rotatable bonds is 0. The van der Waals surface area contributed by atoms with Crippen LogP contribution in [0.5, 0.6) is 0 Å². The first kappa shape index (κ1) is 54.6. The third-order valence-corrected chi connectivity index (χ3v) is 0. The summed E-state index contributed by atoms with van der Waals surface area (Å²) in [4.78, 5) is 0. The van der Waals surface area contributed by atoms with Gasteiger partial charge in [0.2, 0.25) is 0 Å². The maximum Gasteiger partial charge on any atom is 0 e. The van der Waals surface area contributed by atoms with Crippen molar-refractivity contribution in [3.8, 4) is 0 Å². The van der Waals surface area contributed by atoms with Gasteiger partial charge in [-0.05, 0) is 0 Å². The Hall–Kier alpha value is 2.31. The molecule has 0 aliphatic rings. The van der Waals surface area contributed by atoms with Gasteiger partial charge >= 0.3 is 0 Å². The van der Waals surface area contributed by atoms with Crippen LogP contribution in [0.2, 0.25) is 0 Å². The summed E-state index contributed by atoms with van der Waals surface area (Å²) in [6.45, 7) is 0. The molecule has 0 aromatic carbocycles. The molecule has 5 heavy (non-hydrogen) atoms. The fourth-order valence-electron chi connectivity index (χ4n) is 0. The topological polar surface area (TPSA) is 61.5 Å². The van der Waals surface area contributed by atoms with E-state index in [0.717, 1.165) is 0 Å². The average Bonchev–Trinajstić information content (AvgIpc) is 0. The summed E-state index contributed by atoms with van der Waals surface area (Å²) in [5, 5.41) is 0. The van der Waals surface area contributed by atoms with Crippen molar-refractivity contribution < 1.29 is 11.0 Å². The predicted octanol–water partition coefficient (Wildman–Crippen LogP) is -2.14. The van der Waals surface area contributed by atoms with E-state index in [0.29, 0.717) is 0 Å². The fourth-order valence-corrected chi connectivity index (χ4v) is 0. The van der Waals surface area contributed by atoms with Crippen LogP contribution in [0, 0.1) is 0 Å². The zero-order chi connectivity index (χ0) is 0. The van der Waals surface area contributed by atoms with Crippen LogP contribution in [-0.4, -0.2) is 90.7 Å². The summed E-state index contributed by atoms with van der Waals surface area (Å²) in [6, 6.07) is 0. The molecular weight excluding hydrogens is 126 g/mol. The van der Waals surface area contributed by atoms with Gasteiger partial charge in [0.25, 0.3) is 0 Å². The zero-order valence-corrected chi connectivity index (χ0v) is 8.30. The van der Waals surface area contributed by atoms with Gasteiger partial charge in [0, 0.05) is 79.7 Å². The van der Waals surface area contributed by atoms with Crippen LogP contribution < -0.4 is 0 Å². The van der Waals surface area contributed by atoms with Gasteiger partial charge in [-0.3, -0.25) is 0 Å². The molecule has 0 saturated carbocycles. The maximum atomic E-state index is 0. The van der Waals surface area contributed by atoms with E-state index in [2.05, 4.69) is 0 Å². The van der Waals surface area contributed by atoms with Gasteiger partial charge < -0.3 is 11.0 Å². The number of hydrogen-bond donors (Lipinski definition) is 0. The first-order chi connectivity index (χ1) is 0. The van der Waals surface area contributed by atoms with Crippen LogP contribution in [0.4, 0.5) is 0 Å². The Bertz CT molecular complexity index is 9.61. The first-order valence-electron chi connectivity index (χ1n) is 0. The summed E-state index contributed by atoms with van der Waals surface area (Å²) >= 11 is 0. The van der Waals surface area contributed by atoms with E-state index in [1.807, 2.05) is 0 Å². The van der Waals surface area contributed by atoms with Crippen molar-refractivity contribution in [2.75, 3.05) is 0 Å². The zero-order valence-electron chi connectivity index (χ0n) is 3.02. The van der Waals surface area contributed by atoms with Crippen LogP contribution in [-0.2, 0) is 0 Å². The van der Waals surface area contributed by atoms with Gasteiger partial charge in [-0.2, -0.15) is 0 Å². The normalized spacial score (nSPS) is 0. The molecule has 0 saturated heterocycles. The molecule has 0 bridgehead atoms. The summed E-state index contributed by atoms with van der Waals surface area (Å²) in [5.41, 5.74) is 0. The van der Waals surface area contributed by atoms with Gasteiger partial charge in [0.15, 0.2) is 0 Å². The molecule has 0 amide bonds. The standard InChI is InChI=1S/Al.K.2H2O.Si/h;;2*1H2;/p-1. The molecular formula is H3AlKO2Si-. The van der Waals surface area contributed by atoms with Crippen LogP contribution in [0.15, 0.2) is 0 Å². The molecule has 8 radical (unpaired) electrons. The molecule has 5 heteroatoms. The minimum atomic E-state index is 0. The van der Waals surface area contributed by atoms with E-state index in [1.54, 1.807) is 0 Å². The Balaban J connectivity index is 0. The Morgan fingerprint density at radius 1 is 1.00 bits per heavy atom. The van der Waals surface area contributed by atoms with Crippen molar-refractivity contribution in [3.63, 3.8) is 0 Å². The molecule has 0 aromatic heterocycles. The average molecular weight is 129 g/mol. The van der Waals surface area contributed by atoms with Crippen LogP contribution in [0.25, 0.3) is 0 Å². The van der Waals surface area contributed by atoms with E-state index in [4.69, 9.17) is 0 Å². The molecule has 0 atom stereocenters. The second-order valence-electron chi connectivity index (χ2n) is 0. The van der Waals surface area contributed by atoms with Gasteiger partial charge in [-0.15, -0.1) is 0 Å². The molecule has 3 N–H and O–H groups in total. The van der Waals surface area contributed by atoms with Crippen LogP contribution >= 0.6 is 0 Å². The van der Waals surface area contributed by atoms with Crippen molar-refractivity contribution >= 4 is 79.7 Å². The minimum absolute atomic E-state index is 0. The molecule has 0 rings (SSSR count). The Labute approximate surface area is 88.9 Å². The van der Waals surface area contributed by atoms with Crippen molar-refractivity contribution in [3.05, 3.63) is 0 Å². The van der Waals surface area contributed by atoms with Gasteiger partial charge in [-0.1, -0.05) is 0 Å². The summed E-state index contributed by atoms with van der Waals surface area (Å²) in [6.07, 6.45) is 0. The molecule has 0 heterocycles. The van der Waals surface area contributed by atoms with E-state index in [9.17, 15) is 0 Å².